The summed E-state index contributed by atoms with van der Waals surface area (Å²) in [5.74, 6) is 0.174. The fraction of sp³-hybridized carbons (Fsp3) is 0.923. The zero-order chi connectivity index (χ0) is 12.5. The van der Waals surface area contributed by atoms with E-state index in [1.807, 2.05) is 4.90 Å². The van der Waals surface area contributed by atoms with Gasteiger partial charge in [0, 0.05) is 13.1 Å². The van der Waals surface area contributed by atoms with Crippen LogP contribution in [-0.2, 0) is 4.79 Å². The Hall–Kier alpha value is -0.610. The molecule has 1 aliphatic heterocycles. The Bertz CT molecular complexity index is 215. The molecule has 1 aliphatic rings. The predicted octanol–water partition coefficient (Wildman–Crippen LogP) is 1.14. The normalized spacial score (nSPS) is 19.5. The van der Waals surface area contributed by atoms with Crippen LogP contribution in [0.4, 0.5) is 0 Å². The molecule has 0 bridgehead atoms. The SMILES string of the molecule is CCCCCCN(CCO)C(=O)[C@@H]1CCCN1. The van der Waals surface area contributed by atoms with Gasteiger partial charge in [0.05, 0.1) is 12.6 Å². The molecule has 4 nitrogen and oxygen atoms in total. The minimum absolute atomic E-state index is 0.00674. The average Bonchev–Trinajstić information content (AvgIpc) is 2.86. The van der Waals surface area contributed by atoms with E-state index in [1.165, 1.54) is 19.3 Å². The molecule has 1 heterocycles. The Morgan fingerprint density at radius 3 is 2.76 bits per heavy atom. The fourth-order valence-electron chi connectivity index (χ4n) is 2.30. The van der Waals surface area contributed by atoms with Crippen LogP contribution in [0.2, 0.25) is 0 Å². The van der Waals surface area contributed by atoms with Gasteiger partial charge in [-0.15, -0.1) is 0 Å². The summed E-state index contributed by atoms with van der Waals surface area (Å²) in [7, 11) is 0. The second-order valence-corrected chi connectivity index (χ2v) is 4.76. The number of unbranched alkanes of at least 4 members (excludes halogenated alkanes) is 3. The lowest BCUT2D eigenvalue weighted by molar-refractivity contribution is -0.133. The molecule has 1 rings (SSSR count). The van der Waals surface area contributed by atoms with E-state index in [1.54, 1.807) is 0 Å². The van der Waals surface area contributed by atoms with Crippen LogP contribution in [0.15, 0.2) is 0 Å². The van der Waals surface area contributed by atoms with Crippen LogP contribution in [0, 0.1) is 0 Å². The first-order valence-electron chi connectivity index (χ1n) is 6.92. The maximum absolute atomic E-state index is 12.2. The molecule has 4 heteroatoms. The quantitative estimate of drug-likeness (QED) is 0.628. The van der Waals surface area contributed by atoms with Crippen molar-refractivity contribution in [1.29, 1.82) is 0 Å². The molecule has 17 heavy (non-hydrogen) atoms. The number of aliphatic hydroxyl groups is 1. The van der Waals surface area contributed by atoms with E-state index in [0.717, 1.165) is 32.4 Å². The zero-order valence-electron chi connectivity index (χ0n) is 11.0. The van der Waals surface area contributed by atoms with Gasteiger partial charge >= 0.3 is 0 Å². The Morgan fingerprint density at radius 2 is 2.18 bits per heavy atom. The Kier molecular flexibility index (Phi) is 7.21. The van der Waals surface area contributed by atoms with E-state index in [0.29, 0.717) is 6.54 Å². The Morgan fingerprint density at radius 1 is 1.35 bits per heavy atom. The highest BCUT2D eigenvalue weighted by atomic mass is 16.3. The monoisotopic (exact) mass is 242 g/mol. The number of carbonyl (C=O) groups is 1. The lowest BCUT2D eigenvalue weighted by atomic mass is 10.1. The molecule has 0 unspecified atom stereocenters. The van der Waals surface area contributed by atoms with Crippen LogP contribution in [-0.4, -0.2) is 48.2 Å². The molecule has 0 aromatic carbocycles. The first-order chi connectivity index (χ1) is 8.29. The molecule has 2 N–H and O–H groups in total. The molecule has 0 aromatic rings. The standard InChI is InChI=1S/C13H26N2O2/c1-2-3-4-5-9-15(10-11-16)13(17)12-7-6-8-14-12/h12,14,16H,2-11H2,1H3/t12-/m0/s1. The third-order valence-corrected chi connectivity index (χ3v) is 3.32. The third-order valence-electron chi connectivity index (χ3n) is 3.32. The van der Waals surface area contributed by atoms with Gasteiger partial charge in [-0.3, -0.25) is 4.79 Å². The highest BCUT2D eigenvalue weighted by Crippen LogP contribution is 2.10. The maximum atomic E-state index is 12.2. The van der Waals surface area contributed by atoms with Gasteiger partial charge in [-0.05, 0) is 25.8 Å². The van der Waals surface area contributed by atoms with Crippen LogP contribution in [0.3, 0.4) is 0 Å². The summed E-state index contributed by atoms with van der Waals surface area (Å²) in [6.07, 6.45) is 6.67. The number of nitrogens with zero attached hydrogens (tertiary/aromatic N) is 1. The summed E-state index contributed by atoms with van der Waals surface area (Å²) < 4.78 is 0. The minimum atomic E-state index is -0.00674. The molecule has 1 fully saturated rings. The first kappa shape index (κ1) is 14.5. The molecule has 0 spiro atoms. The highest BCUT2D eigenvalue weighted by molar-refractivity contribution is 5.82. The van der Waals surface area contributed by atoms with Crippen molar-refractivity contribution in [3.8, 4) is 0 Å². The van der Waals surface area contributed by atoms with Crippen LogP contribution in [0.5, 0.6) is 0 Å². The molecular weight excluding hydrogens is 216 g/mol. The van der Waals surface area contributed by atoms with E-state index >= 15 is 0 Å². The number of hydrogen-bond donors (Lipinski definition) is 2. The summed E-state index contributed by atoms with van der Waals surface area (Å²) in [6.45, 7) is 4.45. The van der Waals surface area contributed by atoms with Gasteiger partial charge in [-0.25, -0.2) is 0 Å². The largest absolute Gasteiger partial charge is 0.395 e. The van der Waals surface area contributed by atoms with Crippen molar-refractivity contribution in [2.24, 2.45) is 0 Å². The molecule has 0 radical (unpaired) electrons. The van der Waals surface area contributed by atoms with Gasteiger partial charge in [0.25, 0.3) is 0 Å². The van der Waals surface area contributed by atoms with Crippen molar-refractivity contribution in [3.05, 3.63) is 0 Å². The van der Waals surface area contributed by atoms with E-state index < -0.39 is 0 Å². The van der Waals surface area contributed by atoms with Gasteiger partial charge in [-0.1, -0.05) is 26.2 Å². The van der Waals surface area contributed by atoms with E-state index in [2.05, 4.69) is 12.2 Å². The molecular formula is C13H26N2O2. The van der Waals surface area contributed by atoms with Crippen molar-refractivity contribution in [2.45, 2.75) is 51.5 Å². The van der Waals surface area contributed by atoms with Crippen molar-refractivity contribution in [1.82, 2.24) is 10.2 Å². The summed E-state index contributed by atoms with van der Waals surface area (Å²) in [5.41, 5.74) is 0. The molecule has 100 valence electrons. The second kappa shape index (κ2) is 8.48. The number of amides is 1. The minimum Gasteiger partial charge on any atom is -0.395 e. The molecule has 0 aliphatic carbocycles. The topological polar surface area (TPSA) is 52.6 Å². The number of hydrogen-bond acceptors (Lipinski definition) is 3. The number of aliphatic hydroxyl groups excluding tert-OH is 1. The van der Waals surface area contributed by atoms with E-state index in [4.69, 9.17) is 5.11 Å². The fourth-order valence-corrected chi connectivity index (χ4v) is 2.30. The molecule has 1 atom stereocenters. The number of nitrogens with one attached hydrogen (secondary N) is 1. The summed E-state index contributed by atoms with van der Waals surface area (Å²) in [5, 5.41) is 12.2. The lowest BCUT2D eigenvalue weighted by Crippen LogP contribution is -2.45. The summed E-state index contributed by atoms with van der Waals surface area (Å²) >= 11 is 0. The summed E-state index contributed by atoms with van der Waals surface area (Å²) in [4.78, 5) is 14.0. The zero-order valence-corrected chi connectivity index (χ0v) is 11.0. The predicted molar refractivity (Wildman–Crippen MR) is 68.8 cm³/mol. The number of rotatable bonds is 8. The third kappa shape index (κ3) is 5.04. The Balaban J connectivity index is 2.32. The molecule has 1 saturated heterocycles. The first-order valence-corrected chi connectivity index (χ1v) is 6.92. The van der Waals surface area contributed by atoms with Crippen molar-refractivity contribution < 1.29 is 9.90 Å². The second-order valence-electron chi connectivity index (χ2n) is 4.76. The van der Waals surface area contributed by atoms with Crippen molar-refractivity contribution in [3.63, 3.8) is 0 Å². The van der Waals surface area contributed by atoms with Crippen LogP contribution < -0.4 is 5.32 Å². The highest BCUT2D eigenvalue weighted by Gasteiger charge is 2.26. The lowest BCUT2D eigenvalue weighted by Gasteiger charge is -2.25. The van der Waals surface area contributed by atoms with Crippen molar-refractivity contribution in [2.75, 3.05) is 26.2 Å². The number of carbonyl (C=O) groups excluding carboxylic acids is 1. The molecule has 0 aromatic heterocycles. The van der Waals surface area contributed by atoms with Gasteiger partial charge in [0.1, 0.15) is 0 Å². The van der Waals surface area contributed by atoms with E-state index in [9.17, 15) is 4.79 Å². The maximum Gasteiger partial charge on any atom is 0.239 e. The summed E-state index contributed by atoms with van der Waals surface area (Å²) in [6, 6.07) is -0.00674. The van der Waals surface area contributed by atoms with Crippen LogP contribution in [0.25, 0.3) is 0 Å². The van der Waals surface area contributed by atoms with Gasteiger partial charge in [0.2, 0.25) is 5.91 Å². The van der Waals surface area contributed by atoms with E-state index in [-0.39, 0.29) is 18.6 Å². The Labute approximate surface area is 104 Å². The van der Waals surface area contributed by atoms with Gasteiger partial charge in [0.15, 0.2) is 0 Å². The van der Waals surface area contributed by atoms with Crippen molar-refractivity contribution >= 4 is 5.91 Å². The smallest absolute Gasteiger partial charge is 0.239 e. The molecule has 0 saturated carbocycles. The van der Waals surface area contributed by atoms with Gasteiger partial charge < -0.3 is 15.3 Å². The van der Waals surface area contributed by atoms with Gasteiger partial charge in [-0.2, -0.15) is 0 Å². The van der Waals surface area contributed by atoms with Crippen LogP contribution >= 0.6 is 0 Å². The average molecular weight is 242 g/mol. The van der Waals surface area contributed by atoms with Crippen LogP contribution in [0.1, 0.15) is 45.4 Å². The molecule has 1 amide bonds.